The topological polar surface area (TPSA) is 42.7 Å². The lowest BCUT2D eigenvalue weighted by molar-refractivity contribution is 0.330. The van der Waals surface area contributed by atoms with Gasteiger partial charge in [-0.05, 0) is 38.8 Å². The molecule has 1 aromatic rings. The second kappa shape index (κ2) is 3.87. The van der Waals surface area contributed by atoms with Crippen molar-refractivity contribution in [2.24, 2.45) is 5.92 Å². The molecule has 1 saturated heterocycles. The number of hydrogen-bond donors (Lipinski definition) is 1. The third-order valence-corrected chi connectivity index (χ3v) is 2.72. The van der Waals surface area contributed by atoms with E-state index in [9.17, 15) is 0 Å². The van der Waals surface area contributed by atoms with Crippen LogP contribution in [-0.4, -0.2) is 27.9 Å². The molecule has 1 fully saturated rings. The fourth-order valence-corrected chi connectivity index (χ4v) is 1.83. The smallest absolute Gasteiger partial charge is 0.129 e. The maximum Gasteiger partial charge on any atom is 0.129 e. The van der Waals surface area contributed by atoms with Gasteiger partial charge in [0.05, 0.1) is 0 Å². The fraction of sp³-hybridized carbons (Fsp3) is 0.778. The molecular weight excluding hydrogens is 164 g/mol. The summed E-state index contributed by atoms with van der Waals surface area (Å²) in [5, 5.41) is 11.2. The minimum Gasteiger partial charge on any atom is -0.318 e. The summed E-state index contributed by atoms with van der Waals surface area (Å²) in [6.45, 7) is 5.41. The van der Waals surface area contributed by atoms with Crippen LogP contribution in [0.25, 0.3) is 0 Å². The molecule has 1 N–H and O–H groups in total. The van der Waals surface area contributed by atoms with Gasteiger partial charge in [-0.2, -0.15) is 0 Å². The molecule has 4 nitrogen and oxygen atoms in total. The fourth-order valence-electron chi connectivity index (χ4n) is 1.83. The average Bonchev–Trinajstić information content (AvgIpc) is 2.54. The summed E-state index contributed by atoms with van der Waals surface area (Å²) in [4.78, 5) is 0. The van der Waals surface area contributed by atoms with Crippen molar-refractivity contribution < 1.29 is 0 Å². The molecule has 1 aliphatic rings. The van der Waals surface area contributed by atoms with E-state index in [-0.39, 0.29) is 0 Å². The van der Waals surface area contributed by atoms with Crippen molar-refractivity contribution in [2.45, 2.75) is 26.3 Å². The van der Waals surface area contributed by atoms with Crippen LogP contribution in [0, 0.1) is 12.8 Å². The summed E-state index contributed by atoms with van der Waals surface area (Å²) >= 11 is 0. The highest BCUT2D eigenvalue weighted by Crippen LogP contribution is 2.14. The van der Waals surface area contributed by atoms with Gasteiger partial charge in [-0.3, -0.25) is 0 Å². The molecular formula is C9H16N4. The van der Waals surface area contributed by atoms with E-state index in [0.717, 1.165) is 31.4 Å². The third-order valence-electron chi connectivity index (χ3n) is 2.72. The summed E-state index contributed by atoms with van der Waals surface area (Å²) in [6, 6.07) is 0. The first-order chi connectivity index (χ1) is 6.36. The Balaban J connectivity index is 1.93. The molecule has 0 bridgehead atoms. The van der Waals surface area contributed by atoms with Gasteiger partial charge in [0, 0.05) is 6.54 Å². The molecule has 72 valence electrons. The molecule has 0 saturated carbocycles. The molecule has 0 atom stereocenters. The first-order valence-electron chi connectivity index (χ1n) is 4.91. The third kappa shape index (κ3) is 2.06. The Morgan fingerprint density at radius 1 is 1.54 bits per heavy atom. The highest BCUT2D eigenvalue weighted by Gasteiger charge is 2.13. The van der Waals surface area contributed by atoms with Crippen LogP contribution in [0.4, 0.5) is 0 Å². The zero-order valence-electron chi connectivity index (χ0n) is 8.03. The maximum atomic E-state index is 3.98. The summed E-state index contributed by atoms with van der Waals surface area (Å²) in [6.07, 6.45) is 4.38. The Hall–Kier alpha value is -0.900. The van der Waals surface area contributed by atoms with Crippen LogP contribution >= 0.6 is 0 Å². The van der Waals surface area contributed by atoms with Crippen molar-refractivity contribution in [1.82, 2.24) is 20.1 Å². The Morgan fingerprint density at radius 3 is 2.92 bits per heavy atom. The summed E-state index contributed by atoms with van der Waals surface area (Å²) in [7, 11) is 0. The van der Waals surface area contributed by atoms with Crippen molar-refractivity contribution in [3.05, 3.63) is 12.2 Å². The van der Waals surface area contributed by atoms with Gasteiger partial charge in [0.1, 0.15) is 12.2 Å². The molecule has 4 heteroatoms. The number of hydrogen-bond acceptors (Lipinski definition) is 3. The van der Waals surface area contributed by atoms with E-state index in [0.29, 0.717) is 0 Å². The second-order valence-corrected chi connectivity index (χ2v) is 3.72. The van der Waals surface area contributed by atoms with Crippen molar-refractivity contribution in [1.29, 1.82) is 0 Å². The number of rotatable bonds is 2. The van der Waals surface area contributed by atoms with Crippen LogP contribution in [0.15, 0.2) is 6.33 Å². The Labute approximate surface area is 78.4 Å². The number of piperidine rings is 1. The predicted octanol–water partition coefficient (Wildman–Crippen LogP) is 0.586. The Kier molecular flexibility index (Phi) is 2.59. The van der Waals surface area contributed by atoms with Gasteiger partial charge in [0.15, 0.2) is 0 Å². The van der Waals surface area contributed by atoms with Crippen LogP contribution in [0.1, 0.15) is 18.7 Å². The van der Waals surface area contributed by atoms with Gasteiger partial charge in [-0.15, -0.1) is 10.2 Å². The maximum absolute atomic E-state index is 3.98. The quantitative estimate of drug-likeness (QED) is 0.724. The lowest BCUT2D eigenvalue weighted by atomic mass is 9.98. The minimum absolute atomic E-state index is 0.802. The van der Waals surface area contributed by atoms with Crippen LogP contribution in [0.3, 0.4) is 0 Å². The van der Waals surface area contributed by atoms with Gasteiger partial charge in [-0.1, -0.05) is 0 Å². The van der Waals surface area contributed by atoms with Gasteiger partial charge in [0.25, 0.3) is 0 Å². The summed E-state index contributed by atoms with van der Waals surface area (Å²) < 4.78 is 2.15. The Bertz CT molecular complexity index is 262. The molecule has 0 radical (unpaired) electrons. The normalized spacial score (nSPS) is 19.2. The van der Waals surface area contributed by atoms with Crippen molar-refractivity contribution in [3.63, 3.8) is 0 Å². The van der Waals surface area contributed by atoms with Gasteiger partial charge in [0.2, 0.25) is 0 Å². The van der Waals surface area contributed by atoms with E-state index < -0.39 is 0 Å². The average molecular weight is 180 g/mol. The van der Waals surface area contributed by atoms with Crippen LogP contribution in [0.2, 0.25) is 0 Å². The molecule has 1 aromatic heterocycles. The molecule has 0 aliphatic carbocycles. The predicted molar refractivity (Wildman–Crippen MR) is 50.4 cm³/mol. The molecule has 0 spiro atoms. The largest absolute Gasteiger partial charge is 0.318 e. The van der Waals surface area contributed by atoms with E-state index in [1.165, 1.54) is 12.8 Å². The van der Waals surface area contributed by atoms with E-state index >= 15 is 0 Å². The van der Waals surface area contributed by atoms with Gasteiger partial charge >= 0.3 is 0 Å². The second-order valence-electron chi connectivity index (χ2n) is 3.72. The van der Waals surface area contributed by atoms with E-state index in [4.69, 9.17) is 0 Å². The van der Waals surface area contributed by atoms with E-state index in [1.54, 1.807) is 0 Å². The molecule has 0 aromatic carbocycles. The number of nitrogens with zero attached hydrogens (tertiary/aromatic N) is 3. The first kappa shape index (κ1) is 8.69. The summed E-state index contributed by atoms with van der Waals surface area (Å²) in [5.41, 5.74) is 0. The standard InChI is InChI=1S/C9H16N4/c1-8-12-11-7-13(8)6-9-2-4-10-5-3-9/h7,9-10H,2-6H2,1H3. The first-order valence-corrected chi connectivity index (χ1v) is 4.91. The van der Waals surface area contributed by atoms with Crippen molar-refractivity contribution in [3.8, 4) is 0 Å². The van der Waals surface area contributed by atoms with E-state index in [1.807, 2.05) is 13.3 Å². The van der Waals surface area contributed by atoms with E-state index in [2.05, 4.69) is 20.1 Å². The monoisotopic (exact) mass is 180 g/mol. The lowest BCUT2D eigenvalue weighted by Gasteiger charge is -2.22. The minimum atomic E-state index is 0.802. The van der Waals surface area contributed by atoms with Gasteiger partial charge in [-0.25, -0.2) is 0 Å². The van der Waals surface area contributed by atoms with Crippen molar-refractivity contribution >= 4 is 0 Å². The number of nitrogens with one attached hydrogen (secondary N) is 1. The Morgan fingerprint density at radius 2 is 2.31 bits per heavy atom. The SMILES string of the molecule is Cc1nncn1CC1CCNCC1. The zero-order valence-corrected chi connectivity index (χ0v) is 8.03. The highest BCUT2D eigenvalue weighted by molar-refractivity contribution is 4.82. The van der Waals surface area contributed by atoms with Crippen LogP contribution < -0.4 is 5.32 Å². The van der Waals surface area contributed by atoms with Crippen molar-refractivity contribution in [2.75, 3.05) is 13.1 Å². The molecule has 2 rings (SSSR count). The molecule has 2 heterocycles. The zero-order chi connectivity index (χ0) is 9.10. The van der Waals surface area contributed by atoms with Crippen LogP contribution in [0.5, 0.6) is 0 Å². The number of aromatic nitrogens is 3. The lowest BCUT2D eigenvalue weighted by Crippen LogP contribution is -2.29. The highest BCUT2D eigenvalue weighted by atomic mass is 15.3. The molecule has 0 unspecified atom stereocenters. The summed E-state index contributed by atoms with van der Waals surface area (Å²) in [5.74, 6) is 1.83. The molecule has 13 heavy (non-hydrogen) atoms. The van der Waals surface area contributed by atoms with Gasteiger partial charge < -0.3 is 9.88 Å². The molecule has 0 amide bonds. The molecule has 1 aliphatic heterocycles. The van der Waals surface area contributed by atoms with Crippen LogP contribution in [-0.2, 0) is 6.54 Å². The number of aryl methyl sites for hydroxylation is 1.